The number of benzene rings is 1. The average molecular weight is 579 g/mol. The van der Waals surface area contributed by atoms with E-state index in [-0.39, 0.29) is 36.1 Å². The topological polar surface area (TPSA) is 102 Å². The maximum Gasteiger partial charge on any atom is 0.246 e. The predicted octanol–water partition coefficient (Wildman–Crippen LogP) is 2.20. The summed E-state index contributed by atoms with van der Waals surface area (Å²) < 4.78 is 18.8. The zero-order valence-corrected chi connectivity index (χ0v) is 25.1. The number of rotatable bonds is 7. The van der Waals surface area contributed by atoms with Gasteiger partial charge >= 0.3 is 0 Å². The molecular weight excluding hydrogens is 532 g/mol. The standard InChI is InChI=1S/C32H46N6O4/c1-4-29(39)38-15-14-37(19-24(38)10-12-33)30-27-9-11-32(17-23-16-26(40-3)8-7-22(23)20-42-32)18-28(27)34-31(35-30)41-21-25-6-5-13-36(25)2/h4,7-8,16,24-25,27-28,30-31,34-35H,1,5-6,9-11,13-15,17-21H2,2-3H3/t24?,25?,27?,28?,30?,31?,32-/m0/s1. The third-order valence-corrected chi connectivity index (χ3v) is 10.4. The number of carbonyl (C=O) groups excluding carboxylic acids is 1. The zero-order chi connectivity index (χ0) is 29.3. The molecule has 1 aromatic carbocycles. The van der Waals surface area contributed by atoms with Crippen LogP contribution in [0.15, 0.2) is 30.9 Å². The Hall–Kier alpha value is -2.52. The molecule has 3 saturated heterocycles. The third-order valence-electron chi connectivity index (χ3n) is 10.4. The van der Waals surface area contributed by atoms with Crippen LogP contribution in [0.25, 0.3) is 0 Å². The van der Waals surface area contributed by atoms with Gasteiger partial charge in [-0.25, -0.2) is 0 Å². The molecule has 42 heavy (non-hydrogen) atoms. The number of fused-ring (bicyclic) bond motifs is 2. The Kier molecular flexibility index (Phi) is 8.87. The van der Waals surface area contributed by atoms with Crippen LogP contribution in [0.5, 0.6) is 5.75 Å². The lowest BCUT2D eigenvalue weighted by atomic mass is 9.69. The monoisotopic (exact) mass is 578 g/mol. The summed E-state index contributed by atoms with van der Waals surface area (Å²) in [5.41, 5.74) is 2.35. The van der Waals surface area contributed by atoms with Gasteiger partial charge in [0.05, 0.1) is 50.6 Å². The summed E-state index contributed by atoms with van der Waals surface area (Å²) in [6, 6.07) is 9.12. The smallest absolute Gasteiger partial charge is 0.246 e. The highest BCUT2D eigenvalue weighted by Gasteiger charge is 2.50. The van der Waals surface area contributed by atoms with Crippen molar-refractivity contribution in [1.82, 2.24) is 25.3 Å². The van der Waals surface area contributed by atoms with Crippen LogP contribution in [0.3, 0.4) is 0 Å². The quantitative estimate of drug-likeness (QED) is 0.472. The van der Waals surface area contributed by atoms with E-state index in [1.165, 1.54) is 23.6 Å². The van der Waals surface area contributed by atoms with Crippen LogP contribution >= 0.6 is 0 Å². The molecule has 228 valence electrons. The fraction of sp³-hybridized carbons (Fsp3) is 0.688. The van der Waals surface area contributed by atoms with E-state index < -0.39 is 0 Å². The molecule has 10 nitrogen and oxygen atoms in total. The van der Waals surface area contributed by atoms with E-state index in [1.54, 1.807) is 7.11 Å². The minimum Gasteiger partial charge on any atom is -0.497 e. The minimum absolute atomic E-state index is 0.0815. The molecule has 1 aromatic rings. The predicted molar refractivity (Wildman–Crippen MR) is 158 cm³/mol. The van der Waals surface area contributed by atoms with Crippen molar-refractivity contribution in [3.05, 3.63) is 42.0 Å². The van der Waals surface area contributed by atoms with E-state index >= 15 is 0 Å². The molecule has 10 heteroatoms. The number of hydrogen-bond donors (Lipinski definition) is 2. The number of carbonyl (C=O) groups is 1. The summed E-state index contributed by atoms with van der Waals surface area (Å²) in [5.74, 6) is 1.15. The maximum absolute atomic E-state index is 12.6. The molecule has 1 spiro atoms. The summed E-state index contributed by atoms with van der Waals surface area (Å²) in [6.45, 7) is 8.09. The van der Waals surface area contributed by atoms with Gasteiger partial charge in [0, 0.05) is 44.1 Å². The maximum atomic E-state index is 12.6. The summed E-state index contributed by atoms with van der Waals surface area (Å²) >= 11 is 0. The highest BCUT2D eigenvalue weighted by molar-refractivity contribution is 5.87. The van der Waals surface area contributed by atoms with E-state index in [4.69, 9.17) is 14.2 Å². The molecule has 4 heterocycles. The van der Waals surface area contributed by atoms with Gasteiger partial charge in [-0.15, -0.1) is 0 Å². The van der Waals surface area contributed by atoms with Crippen LogP contribution in [-0.2, 0) is 27.3 Å². The molecule has 5 aliphatic rings. The minimum atomic E-state index is -0.279. The SMILES string of the molecule is C=CC(=O)N1CCN(C2NC(OCC3CCCN3C)NC3C[C@]4(CCC32)Cc2cc(OC)ccc2CO4)CC1CC#N. The van der Waals surface area contributed by atoms with Gasteiger partial charge in [0.15, 0.2) is 6.35 Å². The zero-order valence-electron chi connectivity index (χ0n) is 25.1. The van der Waals surface area contributed by atoms with Crippen LogP contribution in [0.4, 0.5) is 0 Å². The van der Waals surface area contributed by atoms with Crippen LogP contribution in [0, 0.1) is 17.2 Å². The van der Waals surface area contributed by atoms with Gasteiger partial charge in [-0.2, -0.15) is 5.26 Å². The first-order valence-electron chi connectivity index (χ1n) is 15.6. The van der Waals surface area contributed by atoms with Crippen molar-refractivity contribution in [1.29, 1.82) is 5.26 Å². The number of likely N-dealkylation sites (tertiary alicyclic amines) is 1. The molecule has 1 saturated carbocycles. The van der Waals surface area contributed by atoms with Crippen molar-refractivity contribution in [2.45, 2.75) is 87.8 Å². The molecule has 1 amide bonds. The number of nitriles is 1. The molecular formula is C32H46N6O4. The normalized spacial score (nSPS) is 35.3. The van der Waals surface area contributed by atoms with Gasteiger partial charge in [0.1, 0.15) is 5.75 Å². The fourth-order valence-electron chi connectivity index (χ4n) is 8.01. The molecule has 0 bridgehead atoms. The molecule has 2 N–H and O–H groups in total. The molecule has 6 unspecified atom stereocenters. The average Bonchev–Trinajstić information content (AvgIpc) is 3.43. The Morgan fingerprint density at radius 2 is 2.12 bits per heavy atom. The molecule has 0 aromatic heterocycles. The second-order valence-electron chi connectivity index (χ2n) is 12.8. The molecule has 1 aliphatic carbocycles. The second kappa shape index (κ2) is 12.6. The van der Waals surface area contributed by atoms with E-state index in [9.17, 15) is 10.1 Å². The van der Waals surface area contributed by atoms with Crippen molar-refractivity contribution in [2.24, 2.45) is 5.92 Å². The Balaban J connectivity index is 1.21. The Bertz CT molecular complexity index is 1190. The van der Waals surface area contributed by atoms with Gasteiger partial charge in [-0.1, -0.05) is 12.6 Å². The molecule has 4 fully saturated rings. The number of methoxy groups -OCH3 is 1. The fourth-order valence-corrected chi connectivity index (χ4v) is 8.01. The molecule has 4 aliphatic heterocycles. The number of hydrogen-bond acceptors (Lipinski definition) is 9. The summed E-state index contributed by atoms with van der Waals surface area (Å²) in [4.78, 5) is 19.2. The number of nitrogens with one attached hydrogen (secondary N) is 2. The lowest BCUT2D eigenvalue weighted by Gasteiger charge is -2.56. The summed E-state index contributed by atoms with van der Waals surface area (Å²) in [6.07, 6.45) is 7.64. The first-order chi connectivity index (χ1) is 20.4. The second-order valence-corrected chi connectivity index (χ2v) is 12.8. The molecule has 6 rings (SSSR count). The van der Waals surface area contributed by atoms with Crippen LogP contribution in [-0.4, -0.2) is 104 Å². The van der Waals surface area contributed by atoms with Crippen LogP contribution < -0.4 is 15.4 Å². The van der Waals surface area contributed by atoms with Crippen molar-refractivity contribution in [3.63, 3.8) is 0 Å². The number of piperazine rings is 1. The lowest BCUT2D eigenvalue weighted by Crippen LogP contribution is -2.73. The van der Waals surface area contributed by atoms with E-state index in [1.807, 2.05) is 11.0 Å². The first kappa shape index (κ1) is 29.5. The van der Waals surface area contributed by atoms with E-state index in [2.05, 4.69) is 52.3 Å². The first-order valence-corrected chi connectivity index (χ1v) is 15.6. The number of likely N-dealkylation sites (N-methyl/N-ethyl adjacent to an activating group) is 1. The lowest BCUT2D eigenvalue weighted by molar-refractivity contribution is -0.153. The van der Waals surface area contributed by atoms with Crippen LogP contribution in [0.1, 0.15) is 49.7 Å². The van der Waals surface area contributed by atoms with Crippen molar-refractivity contribution in [2.75, 3.05) is 46.9 Å². The van der Waals surface area contributed by atoms with Gasteiger partial charge in [-0.3, -0.25) is 20.3 Å². The van der Waals surface area contributed by atoms with Gasteiger partial charge < -0.3 is 24.0 Å². The highest BCUT2D eigenvalue weighted by Crippen LogP contribution is 2.44. The van der Waals surface area contributed by atoms with Crippen molar-refractivity contribution >= 4 is 5.91 Å². The molecule has 7 atom stereocenters. The molecule has 0 radical (unpaired) electrons. The Morgan fingerprint density at radius 3 is 2.88 bits per heavy atom. The van der Waals surface area contributed by atoms with E-state index in [0.717, 1.165) is 50.9 Å². The number of ether oxygens (including phenoxy) is 3. The van der Waals surface area contributed by atoms with Crippen molar-refractivity contribution < 1.29 is 19.0 Å². The van der Waals surface area contributed by atoms with Gasteiger partial charge in [0.2, 0.25) is 5.91 Å². The van der Waals surface area contributed by atoms with Gasteiger partial charge in [-0.05, 0) is 75.0 Å². The summed E-state index contributed by atoms with van der Waals surface area (Å²) in [5, 5.41) is 17.2. The number of amides is 1. The third kappa shape index (κ3) is 5.96. The van der Waals surface area contributed by atoms with Gasteiger partial charge in [0.25, 0.3) is 0 Å². The highest BCUT2D eigenvalue weighted by atomic mass is 16.5. The van der Waals surface area contributed by atoms with Crippen LogP contribution in [0.2, 0.25) is 0 Å². The van der Waals surface area contributed by atoms with E-state index in [0.29, 0.717) is 44.7 Å². The largest absolute Gasteiger partial charge is 0.497 e. The van der Waals surface area contributed by atoms with Crippen molar-refractivity contribution in [3.8, 4) is 11.8 Å². The Morgan fingerprint density at radius 1 is 1.24 bits per heavy atom. The number of nitrogens with zero attached hydrogens (tertiary/aromatic N) is 4. The summed E-state index contributed by atoms with van der Waals surface area (Å²) in [7, 11) is 3.90. The Labute approximate surface area is 249 Å².